The van der Waals surface area contributed by atoms with Gasteiger partial charge in [0.25, 0.3) is 0 Å². The molecular formula is C12H16N6S2. The van der Waals surface area contributed by atoms with Gasteiger partial charge in [-0.25, -0.2) is 0 Å². The lowest BCUT2D eigenvalue weighted by atomic mass is 9.96. The van der Waals surface area contributed by atoms with Gasteiger partial charge in [-0.1, -0.05) is 32.1 Å². The van der Waals surface area contributed by atoms with Crippen molar-refractivity contribution in [2.45, 2.75) is 33.1 Å². The molecule has 0 aliphatic carbocycles. The third-order valence-corrected chi connectivity index (χ3v) is 4.84. The number of rotatable bonds is 2. The SMILES string of the molecule is CNc1snc(C)c1-c1nn2c(C(C)(C)C)nnc2s1. The number of nitrogens with zero attached hydrogens (tertiary/aromatic N) is 5. The summed E-state index contributed by atoms with van der Waals surface area (Å²) < 4.78 is 6.23. The Morgan fingerprint density at radius 1 is 1.20 bits per heavy atom. The number of hydrogen-bond acceptors (Lipinski definition) is 7. The fourth-order valence-electron chi connectivity index (χ4n) is 1.98. The normalized spacial score (nSPS) is 12.2. The van der Waals surface area contributed by atoms with E-state index in [2.05, 4.69) is 45.8 Å². The molecule has 3 heterocycles. The van der Waals surface area contributed by atoms with Crippen molar-refractivity contribution >= 4 is 32.8 Å². The number of aromatic nitrogens is 5. The van der Waals surface area contributed by atoms with Crippen LogP contribution in [0.5, 0.6) is 0 Å². The number of anilines is 1. The van der Waals surface area contributed by atoms with Crippen molar-refractivity contribution in [3.63, 3.8) is 0 Å². The Morgan fingerprint density at radius 2 is 1.95 bits per heavy atom. The molecule has 0 amide bonds. The lowest BCUT2D eigenvalue weighted by Gasteiger charge is -2.13. The van der Waals surface area contributed by atoms with Gasteiger partial charge in [-0.3, -0.25) is 0 Å². The molecule has 3 aromatic rings. The minimum absolute atomic E-state index is 0.0848. The summed E-state index contributed by atoms with van der Waals surface area (Å²) in [5.74, 6) is 0.877. The molecule has 106 valence electrons. The third-order valence-electron chi connectivity index (χ3n) is 2.97. The molecule has 8 heteroatoms. The van der Waals surface area contributed by atoms with Crippen LogP contribution in [0.15, 0.2) is 0 Å². The van der Waals surface area contributed by atoms with E-state index < -0.39 is 0 Å². The highest BCUT2D eigenvalue weighted by Crippen LogP contribution is 2.37. The van der Waals surface area contributed by atoms with Gasteiger partial charge in [0.2, 0.25) is 4.96 Å². The Bertz CT molecular complexity index is 761. The molecule has 0 radical (unpaired) electrons. The monoisotopic (exact) mass is 308 g/mol. The van der Waals surface area contributed by atoms with Crippen molar-refractivity contribution in [3.8, 4) is 10.6 Å². The lowest BCUT2D eigenvalue weighted by Crippen LogP contribution is -2.16. The second-order valence-electron chi connectivity index (χ2n) is 5.60. The Labute approximate surface area is 125 Å². The molecule has 0 saturated heterocycles. The van der Waals surface area contributed by atoms with Crippen LogP contribution in [-0.2, 0) is 5.41 Å². The van der Waals surface area contributed by atoms with Crippen LogP contribution in [0.2, 0.25) is 0 Å². The van der Waals surface area contributed by atoms with Crippen LogP contribution in [-0.4, -0.2) is 31.2 Å². The zero-order valence-corrected chi connectivity index (χ0v) is 13.7. The van der Waals surface area contributed by atoms with Gasteiger partial charge in [0.1, 0.15) is 5.00 Å². The van der Waals surface area contributed by atoms with Crippen molar-refractivity contribution in [1.82, 2.24) is 24.2 Å². The summed E-state index contributed by atoms with van der Waals surface area (Å²) in [5.41, 5.74) is 1.97. The minimum atomic E-state index is -0.0848. The van der Waals surface area contributed by atoms with Crippen molar-refractivity contribution < 1.29 is 0 Å². The average molecular weight is 308 g/mol. The summed E-state index contributed by atoms with van der Waals surface area (Å²) in [5, 5.41) is 18.3. The van der Waals surface area contributed by atoms with Crippen molar-refractivity contribution in [2.75, 3.05) is 12.4 Å². The summed E-state index contributed by atoms with van der Waals surface area (Å²) in [6, 6.07) is 0. The van der Waals surface area contributed by atoms with Gasteiger partial charge in [0, 0.05) is 12.5 Å². The van der Waals surface area contributed by atoms with Gasteiger partial charge in [-0.15, -0.1) is 10.2 Å². The predicted molar refractivity (Wildman–Crippen MR) is 82.8 cm³/mol. The van der Waals surface area contributed by atoms with Crippen molar-refractivity contribution in [3.05, 3.63) is 11.5 Å². The maximum absolute atomic E-state index is 4.69. The van der Waals surface area contributed by atoms with Crippen LogP contribution in [0.1, 0.15) is 32.3 Å². The zero-order valence-electron chi connectivity index (χ0n) is 12.1. The van der Waals surface area contributed by atoms with Gasteiger partial charge < -0.3 is 5.32 Å². The molecule has 0 unspecified atom stereocenters. The van der Waals surface area contributed by atoms with Crippen LogP contribution in [0, 0.1) is 6.92 Å². The van der Waals surface area contributed by atoms with E-state index in [0.717, 1.165) is 32.1 Å². The summed E-state index contributed by atoms with van der Waals surface area (Å²) in [6.45, 7) is 8.33. The highest BCUT2D eigenvalue weighted by atomic mass is 32.1. The first-order valence-electron chi connectivity index (χ1n) is 6.29. The molecule has 0 aliphatic rings. The first-order chi connectivity index (χ1) is 9.41. The molecule has 6 nitrogen and oxygen atoms in total. The molecule has 0 saturated carbocycles. The van der Waals surface area contributed by atoms with E-state index in [1.165, 1.54) is 11.5 Å². The third kappa shape index (κ3) is 1.99. The van der Waals surface area contributed by atoms with E-state index in [0.29, 0.717) is 0 Å². The Morgan fingerprint density at radius 3 is 2.60 bits per heavy atom. The fourth-order valence-corrected chi connectivity index (χ4v) is 3.73. The highest BCUT2D eigenvalue weighted by molar-refractivity contribution is 7.20. The van der Waals surface area contributed by atoms with Crippen LogP contribution in [0.25, 0.3) is 15.5 Å². The molecule has 0 aliphatic heterocycles. The quantitative estimate of drug-likeness (QED) is 0.788. The van der Waals surface area contributed by atoms with Crippen LogP contribution < -0.4 is 5.32 Å². The van der Waals surface area contributed by atoms with Gasteiger partial charge in [-0.2, -0.15) is 14.0 Å². The Hall–Kier alpha value is -1.54. The predicted octanol–water partition coefficient (Wildman–Crippen LogP) is 2.96. The largest absolute Gasteiger partial charge is 0.378 e. The molecule has 20 heavy (non-hydrogen) atoms. The lowest BCUT2D eigenvalue weighted by molar-refractivity contribution is 0.528. The highest BCUT2D eigenvalue weighted by Gasteiger charge is 2.25. The maximum Gasteiger partial charge on any atom is 0.235 e. The summed E-state index contributed by atoms with van der Waals surface area (Å²) in [7, 11) is 1.90. The van der Waals surface area contributed by atoms with Crippen molar-refractivity contribution in [2.24, 2.45) is 0 Å². The maximum atomic E-state index is 4.69. The number of fused-ring (bicyclic) bond motifs is 1. The fraction of sp³-hybridized carbons (Fsp3) is 0.500. The van der Waals surface area contributed by atoms with Gasteiger partial charge in [0.15, 0.2) is 10.8 Å². The van der Waals surface area contributed by atoms with E-state index in [1.54, 1.807) is 11.3 Å². The second kappa shape index (κ2) is 4.49. The van der Waals surface area contributed by atoms with Gasteiger partial charge >= 0.3 is 0 Å². The van der Waals surface area contributed by atoms with Crippen LogP contribution in [0.4, 0.5) is 5.00 Å². The summed E-state index contributed by atoms with van der Waals surface area (Å²) >= 11 is 2.99. The molecule has 0 aromatic carbocycles. The Balaban J connectivity index is 2.19. The second-order valence-corrected chi connectivity index (χ2v) is 7.33. The molecule has 3 aromatic heterocycles. The first-order valence-corrected chi connectivity index (χ1v) is 7.88. The van der Waals surface area contributed by atoms with Gasteiger partial charge in [-0.05, 0) is 18.5 Å². The molecule has 0 bridgehead atoms. The van der Waals surface area contributed by atoms with Crippen LogP contribution >= 0.6 is 22.9 Å². The van der Waals surface area contributed by atoms with E-state index in [-0.39, 0.29) is 5.41 Å². The molecule has 0 spiro atoms. The van der Waals surface area contributed by atoms with Crippen molar-refractivity contribution in [1.29, 1.82) is 0 Å². The molecule has 3 rings (SSSR count). The zero-order chi connectivity index (χ0) is 14.5. The van der Waals surface area contributed by atoms with E-state index in [1.807, 2.05) is 18.5 Å². The average Bonchev–Trinajstić information content (AvgIpc) is 2.98. The number of aryl methyl sites for hydroxylation is 1. The number of nitrogens with one attached hydrogen (secondary N) is 1. The van der Waals surface area contributed by atoms with E-state index >= 15 is 0 Å². The molecule has 0 atom stereocenters. The van der Waals surface area contributed by atoms with E-state index in [9.17, 15) is 0 Å². The first kappa shape index (κ1) is 13.4. The summed E-state index contributed by atoms with van der Waals surface area (Å²) in [6.07, 6.45) is 0. The minimum Gasteiger partial charge on any atom is -0.378 e. The smallest absolute Gasteiger partial charge is 0.235 e. The molecule has 1 N–H and O–H groups in total. The van der Waals surface area contributed by atoms with Crippen LogP contribution in [0.3, 0.4) is 0 Å². The summed E-state index contributed by atoms with van der Waals surface area (Å²) in [4.78, 5) is 0.817. The standard InChI is InChI=1S/C12H16N6S2/c1-6-7(8(13-5)20-17-6)9-16-18-10(12(2,3)4)14-15-11(18)19-9/h13H,1-5H3. The molecule has 0 fully saturated rings. The Kier molecular flexibility index (Phi) is 3.02. The van der Waals surface area contributed by atoms with E-state index in [4.69, 9.17) is 0 Å². The van der Waals surface area contributed by atoms with Gasteiger partial charge in [0.05, 0.1) is 11.3 Å². The molecular weight excluding hydrogens is 292 g/mol. The topological polar surface area (TPSA) is 68.0 Å². The number of hydrogen-bond donors (Lipinski definition) is 1.